The summed E-state index contributed by atoms with van der Waals surface area (Å²) in [4.78, 5) is 13.0. The first-order valence-electron chi connectivity index (χ1n) is 20.2. The van der Waals surface area contributed by atoms with Gasteiger partial charge < -0.3 is 54.7 Å². The number of carbonyl (C=O) groups is 1. The first-order chi connectivity index (χ1) is 24.7. The van der Waals surface area contributed by atoms with Crippen LogP contribution in [0.15, 0.2) is 11.6 Å². The Balaban J connectivity index is 1.16. The highest BCUT2D eigenvalue weighted by Crippen LogP contribution is 2.76. The maximum absolute atomic E-state index is 13.0. The molecule has 0 aromatic rings. The summed E-state index contributed by atoms with van der Waals surface area (Å²) in [6, 6.07) is 0. The quantitative estimate of drug-likeness (QED) is 0.196. The molecule has 7 N–H and O–H groups in total. The Bertz CT molecular complexity index is 1440. The van der Waals surface area contributed by atoms with Gasteiger partial charge in [0.1, 0.15) is 36.6 Å². The fraction of sp³-hybridized carbons (Fsp3) is 0.927. The molecule has 0 amide bonds. The maximum atomic E-state index is 13.0. The van der Waals surface area contributed by atoms with Crippen LogP contribution >= 0.6 is 0 Å². The van der Waals surface area contributed by atoms with Gasteiger partial charge in [0.25, 0.3) is 0 Å². The van der Waals surface area contributed by atoms with Crippen molar-refractivity contribution in [3.05, 3.63) is 11.6 Å². The Hall–Kier alpha value is -1.19. The molecule has 2 aliphatic heterocycles. The molecule has 4 saturated carbocycles. The molecule has 7 rings (SSSR count). The smallest absolute Gasteiger partial charge is 0.310 e. The van der Waals surface area contributed by atoms with E-state index < -0.39 is 78.2 Å². The predicted octanol–water partition coefficient (Wildman–Crippen LogP) is 3.52. The summed E-state index contributed by atoms with van der Waals surface area (Å²) < 4.78 is 23.8. The maximum Gasteiger partial charge on any atom is 0.310 e. The normalized spacial score (nSPS) is 55.1. The molecule has 12 nitrogen and oxygen atoms in total. The molecule has 5 aliphatic carbocycles. The van der Waals surface area contributed by atoms with Crippen LogP contribution in [0.25, 0.3) is 0 Å². The number of aliphatic carboxylic acids is 1. The minimum absolute atomic E-state index is 0.0331. The fourth-order valence-corrected chi connectivity index (χ4v) is 13.4. The van der Waals surface area contributed by atoms with E-state index in [1.54, 1.807) is 0 Å². The lowest BCUT2D eigenvalue weighted by Crippen LogP contribution is -2.67. The summed E-state index contributed by atoms with van der Waals surface area (Å²) in [6.45, 7) is 15.1. The number of aliphatic hydroxyl groups excluding tert-OH is 6. The molecule has 7 aliphatic rings. The van der Waals surface area contributed by atoms with E-state index in [0.717, 1.165) is 51.4 Å². The van der Waals surface area contributed by atoms with E-state index in [4.69, 9.17) is 18.9 Å². The van der Waals surface area contributed by atoms with Crippen LogP contribution in [0, 0.1) is 50.2 Å². The molecule has 18 atom stereocenters. The monoisotopic (exact) mass is 750 g/mol. The average molecular weight is 751 g/mol. The molecule has 2 heterocycles. The van der Waals surface area contributed by atoms with Crippen LogP contribution in [0.1, 0.15) is 113 Å². The van der Waals surface area contributed by atoms with E-state index in [-0.39, 0.29) is 46.7 Å². The third-order valence-electron chi connectivity index (χ3n) is 17.0. The van der Waals surface area contributed by atoms with Crippen LogP contribution in [0.2, 0.25) is 0 Å². The van der Waals surface area contributed by atoms with Gasteiger partial charge in [0.15, 0.2) is 12.6 Å². The summed E-state index contributed by atoms with van der Waals surface area (Å²) >= 11 is 0. The van der Waals surface area contributed by atoms with Crippen molar-refractivity contribution >= 4 is 5.97 Å². The highest BCUT2D eigenvalue weighted by molar-refractivity contribution is 5.76. The highest BCUT2D eigenvalue weighted by Gasteiger charge is 2.70. The van der Waals surface area contributed by atoms with Crippen LogP contribution in [-0.2, 0) is 23.7 Å². The third-order valence-corrected chi connectivity index (χ3v) is 17.0. The van der Waals surface area contributed by atoms with Crippen molar-refractivity contribution in [2.45, 2.75) is 174 Å². The summed E-state index contributed by atoms with van der Waals surface area (Å²) in [5.41, 5.74) is -0.281. The standard InChI is InChI=1S/C41H66O12/c1-21-28(44)29(45)30(46)34(51-21)53-32-31(24(43)19-50-33(32)47)52-27-11-12-37(4)25(38(27,5)20-42)10-13-40(7)26(37)9-8-22-23-18-36(2,3)14-16-41(23,35(48)49)17-15-39(22,40)6/h8,21,23-34,42-47H,9-20H2,1-7H3,(H,48,49). The molecule has 12 heteroatoms. The molecule has 6 fully saturated rings. The largest absolute Gasteiger partial charge is 0.481 e. The van der Waals surface area contributed by atoms with E-state index in [2.05, 4.69) is 47.6 Å². The zero-order valence-corrected chi connectivity index (χ0v) is 32.7. The van der Waals surface area contributed by atoms with Gasteiger partial charge in [-0.05, 0) is 111 Å². The minimum Gasteiger partial charge on any atom is -0.481 e. The van der Waals surface area contributed by atoms with Crippen molar-refractivity contribution in [1.29, 1.82) is 0 Å². The zero-order chi connectivity index (χ0) is 38.7. The number of ether oxygens (including phenoxy) is 4. The molecule has 2 saturated heterocycles. The van der Waals surface area contributed by atoms with Gasteiger partial charge in [-0.25, -0.2) is 0 Å². The summed E-state index contributed by atoms with van der Waals surface area (Å²) in [6.07, 6.45) is -1.76. The summed E-state index contributed by atoms with van der Waals surface area (Å²) in [5.74, 6) is -0.216. The molecule has 18 unspecified atom stereocenters. The lowest BCUT2D eigenvalue weighted by atomic mass is 9.33. The Morgan fingerprint density at radius 2 is 1.55 bits per heavy atom. The summed E-state index contributed by atoms with van der Waals surface area (Å²) in [7, 11) is 0. The minimum atomic E-state index is -1.62. The zero-order valence-electron chi connectivity index (χ0n) is 32.7. The van der Waals surface area contributed by atoms with E-state index in [9.17, 15) is 40.5 Å². The molecule has 0 spiro atoms. The van der Waals surface area contributed by atoms with Crippen LogP contribution in [-0.4, -0.2) is 116 Å². The van der Waals surface area contributed by atoms with Gasteiger partial charge in [-0.15, -0.1) is 0 Å². The Labute approximate surface area is 314 Å². The van der Waals surface area contributed by atoms with Crippen LogP contribution in [0.5, 0.6) is 0 Å². The lowest BCUT2D eigenvalue weighted by molar-refractivity contribution is -0.359. The van der Waals surface area contributed by atoms with Crippen molar-refractivity contribution in [1.82, 2.24) is 0 Å². The molecular weight excluding hydrogens is 684 g/mol. The predicted molar refractivity (Wildman–Crippen MR) is 192 cm³/mol. The molecule has 0 aromatic heterocycles. The Morgan fingerprint density at radius 1 is 0.849 bits per heavy atom. The van der Waals surface area contributed by atoms with Crippen LogP contribution in [0.4, 0.5) is 0 Å². The van der Waals surface area contributed by atoms with Crippen LogP contribution in [0.3, 0.4) is 0 Å². The second-order valence-electron chi connectivity index (χ2n) is 20.0. The number of carboxylic acids is 1. The fourth-order valence-electron chi connectivity index (χ4n) is 13.4. The number of allylic oxidation sites excluding steroid dienone is 2. The topological polar surface area (TPSA) is 196 Å². The van der Waals surface area contributed by atoms with E-state index in [1.807, 2.05) is 0 Å². The molecule has 0 bridgehead atoms. The van der Waals surface area contributed by atoms with Gasteiger partial charge in [-0.2, -0.15) is 0 Å². The number of carboxylic acid groups (broad SMARTS) is 1. The molecule has 0 aromatic carbocycles. The molecular formula is C41H66O12. The molecule has 0 radical (unpaired) electrons. The number of hydrogen-bond donors (Lipinski definition) is 7. The van der Waals surface area contributed by atoms with Gasteiger partial charge in [0.05, 0.1) is 30.8 Å². The highest BCUT2D eigenvalue weighted by atomic mass is 16.7. The third kappa shape index (κ3) is 5.85. The summed E-state index contributed by atoms with van der Waals surface area (Å²) in [5, 5.41) is 75.4. The van der Waals surface area contributed by atoms with E-state index >= 15 is 0 Å². The first kappa shape index (κ1) is 40.0. The van der Waals surface area contributed by atoms with E-state index in [0.29, 0.717) is 18.8 Å². The first-order valence-corrected chi connectivity index (χ1v) is 20.2. The lowest BCUT2D eigenvalue weighted by Gasteiger charge is -2.71. The second-order valence-corrected chi connectivity index (χ2v) is 20.0. The number of rotatable bonds is 6. The van der Waals surface area contributed by atoms with Crippen LogP contribution < -0.4 is 0 Å². The van der Waals surface area contributed by atoms with E-state index in [1.165, 1.54) is 12.5 Å². The van der Waals surface area contributed by atoms with Crippen molar-refractivity contribution in [3.63, 3.8) is 0 Å². The second kappa shape index (κ2) is 13.5. The van der Waals surface area contributed by atoms with Crippen molar-refractivity contribution in [2.24, 2.45) is 50.2 Å². The van der Waals surface area contributed by atoms with Crippen molar-refractivity contribution < 1.29 is 59.5 Å². The SMILES string of the molecule is CC1OC(OC2C(O)OCC(O)C2OC2CCC3(C)C(CCC4(C)C3CC=C3C5CC(C)(C)CCC5(C(=O)O)CCC34C)C2(C)CO)C(O)C(O)C1O. The van der Waals surface area contributed by atoms with Crippen molar-refractivity contribution in [2.75, 3.05) is 13.2 Å². The van der Waals surface area contributed by atoms with Gasteiger partial charge >= 0.3 is 5.97 Å². The molecule has 302 valence electrons. The van der Waals surface area contributed by atoms with Gasteiger partial charge in [0.2, 0.25) is 0 Å². The van der Waals surface area contributed by atoms with Crippen molar-refractivity contribution in [3.8, 4) is 0 Å². The number of hydrogen-bond acceptors (Lipinski definition) is 11. The molecule has 53 heavy (non-hydrogen) atoms. The number of fused-ring (bicyclic) bond motifs is 7. The van der Waals surface area contributed by atoms with Gasteiger partial charge in [0, 0.05) is 5.41 Å². The Kier molecular flexibility index (Phi) is 10.2. The number of aliphatic hydroxyl groups is 6. The Morgan fingerprint density at radius 3 is 2.23 bits per heavy atom. The average Bonchev–Trinajstić information content (AvgIpc) is 3.10. The van der Waals surface area contributed by atoms with Gasteiger partial charge in [-0.1, -0.05) is 53.2 Å². The van der Waals surface area contributed by atoms with Gasteiger partial charge in [-0.3, -0.25) is 4.79 Å².